The summed E-state index contributed by atoms with van der Waals surface area (Å²) in [5, 5.41) is 0. The van der Waals surface area contributed by atoms with Crippen molar-refractivity contribution in [2.75, 3.05) is 19.6 Å². The van der Waals surface area contributed by atoms with Gasteiger partial charge in [-0.25, -0.2) is 0 Å². The summed E-state index contributed by atoms with van der Waals surface area (Å²) in [5.74, 6) is 2.23. The van der Waals surface area contributed by atoms with Crippen molar-refractivity contribution in [3.63, 3.8) is 0 Å². The van der Waals surface area contributed by atoms with Gasteiger partial charge in [-0.2, -0.15) is 0 Å². The molecule has 2 N–H and O–H groups in total. The molecule has 6 heterocycles. The maximum absolute atomic E-state index is 8.22. The fourth-order valence-corrected chi connectivity index (χ4v) is 16.9. The van der Waals surface area contributed by atoms with E-state index in [4.69, 9.17) is 10.5 Å². The molecule has 2 unspecified atom stereocenters. The van der Waals surface area contributed by atoms with Gasteiger partial charge in [-0.05, 0) is 135 Å². The zero-order valence-electron chi connectivity index (χ0n) is 53.0. The molecule has 6 aliphatic heterocycles. The highest BCUT2D eigenvalue weighted by Gasteiger charge is 2.65. The second-order valence-corrected chi connectivity index (χ2v) is 26.8. The summed E-state index contributed by atoms with van der Waals surface area (Å²) in [7, 11) is 11.5. The van der Waals surface area contributed by atoms with Crippen molar-refractivity contribution in [2.45, 2.75) is 50.1 Å². The summed E-state index contributed by atoms with van der Waals surface area (Å²) in [6.07, 6.45) is 6.89. The number of para-hydroxylation sites is 6. The fourth-order valence-electron chi connectivity index (χ4n) is 16.9. The second-order valence-electron chi connectivity index (χ2n) is 26.8. The average molecular weight is 1170 g/mol. The molecule has 6 nitrogen and oxygen atoms in total. The molecule has 11 aromatic carbocycles. The average Bonchev–Trinajstić information content (AvgIpc) is 1.62. The lowest BCUT2D eigenvalue weighted by Crippen LogP contribution is -2.56. The van der Waals surface area contributed by atoms with Gasteiger partial charge in [0.1, 0.15) is 62.7 Å². The number of nitrogens with two attached hydrogens (primary N) is 1. The number of allylic oxidation sites excluding steroid dienone is 4. The first-order valence-electron chi connectivity index (χ1n) is 32.1. The largest absolute Gasteiger partial charge is 0.457 e. The minimum Gasteiger partial charge on any atom is -0.457 e. The van der Waals surface area contributed by atoms with E-state index in [2.05, 4.69) is 335 Å². The summed E-state index contributed by atoms with van der Waals surface area (Å²) >= 11 is 0. The zero-order valence-corrected chi connectivity index (χ0v) is 53.0. The SMILES string of the molecule is Bc1c(B)c(B)c(C2=C(C)\C=C(/N)N3c4ccccc4C4(c5ccccc5N(c5ccc(C(C)(C)C)cc5)c5ccccc54)c4ccc5c(c43)C3(\C=C\2)c2c(cccc2N2c4ccccc4N(c4c(-c6ccccc6)cccc4-c4ccccc4)C23)O5)c(B)c1B. The number of nitrogens with zero attached hydrogens (tertiary/aromatic N) is 4. The molecule has 0 saturated heterocycles. The van der Waals surface area contributed by atoms with E-state index in [1.54, 1.807) is 0 Å². The number of benzene rings is 11. The van der Waals surface area contributed by atoms with Crippen molar-refractivity contribution in [1.82, 2.24) is 0 Å². The van der Waals surface area contributed by atoms with E-state index in [9.17, 15) is 0 Å². The Labute approximate surface area is 538 Å². The normalized spacial score (nSPS) is 19.2. The molecule has 11 aromatic rings. The summed E-state index contributed by atoms with van der Waals surface area (Å²) in [4.78, 5) is 10.3. The Kier molecular flexibility index (Phi) is 12.0. The standard InChI is InChI=1S/C80H66B5N5O/c1-46-45-66(86)89-60-32-16-13-29-56(60)80(54-27-11-14-30-58(54)87(59-31-15-12-28-55(59)80)50-39-37-49(38-40-50)78(2,3)4)57-41-42-65-69(76(57)89)79(44-43-51(46)67-70(81)72(83)74(85)73(84)71(67)82)68-63(35-20-36-64(68)91-65)88-61-33-17-18-34-62(61)90(77(79)88)75-52(47-21-7-5-8-22-47)25-19-26-53(75)48-23-9-6-10-24-48/h5-45,77H,81-86H2,1-4H3/b44-43+,51-46-,66-45+. The molecule has 91 heavy (non-hydrogen) atoms. The van der Waals surface area contributed by atoms with Gasteiger partial charge in [-0.3, -0.25) is 4.90 Å². The minimum atomic E-state index is -1.03. The Hall–Kier alpha value is -10.2. The number of ether oxygens (including phenoxy) is 1. The van der Waals surface area contributed by atoms with Crippen molar-refractivity contribution < 1.29 is 4.74 Å². The van der Waals surface area contributed by atoms with Crippen LogP contribution in [0.1, 0.15) is 72.2 Å². The van der Waals surface area contributed by atoms with Crippen LogP contribution in [-0.4, -0.2) is 45.4 Å². The molecule has 432 valence electrons. The molecule has 17 rings (SSSR count). The van der Waals surface area contributed by atoms with Gasteiger partial charge < -0.3 is 25.2 Å². The van der Waals surface area contributed by atoms with Crippen molar-refractivity contribution in [3.8, 4) is 33.8 Å². The molecule has 2 spiro atoms. The van der Waals surface area contributed by atoms with Crippen LogP contribution in [0.3, 0.4) is 0 Å². The molecular formula is C80H66B5N5O. The van der Waals surface area contributed by atoms with E-state index >= 15 is 0 Å². The molecule has 0 amide bonds. The van der Waals surface area contributed by atoms with Crippen molar-refractivity contribution in [3.05, 3.63) is 305 Å². The van der Waals surface area contributed by atoms with Gasteiger partial charge in [0.25, 0.3) is 0 Å². The highest BCUT2D eigenvalue weighted by atomic mass is 16.5. The van der Waals surface area contributed by atoms with Gasteiger partial charge in [0.05, 0.1) is 56.3 Å². The van der Waals surface area contributed by atoms with Crippen LogP contribution in [0.25, 0.3) is 27.8 Å². The molecule has 0 aromatic heterocycles. The first kappa shape index (κ1) is 54.9. The van der Waals surface area contributed by atoms with Crippen LogP contribution in [0.15, 0.2) is 260 Å². The lowest BCUT2D eigenvalue weighted by molar-refractivity contribution is 0.409. The van der Waals surface area contributed by atoms with Crippen LogP contribution < -0.4 is 57.4 Å². The van der Waals surface area contributed by atoms with E-state index in [0.29, 0.717) is 5.82 Å². The summed E-state index contributed by atoms with van der Waals surface area (Å²) in [5.41, 5.74) is 38.7. The lowest BCUT2D eigenvalue weighted by atomic mass is 9.58. The predicted molar refractivity (Wildman–Crippen MR) is 394 cm³/mol. The summed E-state index contributed by atoms with van der Waals surface area (Å²) in [6, 6.07) is 85.9. The number of hydrogen-bond acceptors (Lipinski definition) is 6. The van der Waals surface area contributed by atoms with Gasteiger partial charge >= 0.3 is 0 Å². The van der Waals surface area contributed by atoms with E-state index in [1.165, 1.54) is 49.6 Å². The van der Waals surface area contributed by atoms with Crippen molar-refractivity contribution in [1.29, 1.82) is 0 Å². The molecule has 6 aliphatic rings. The third-order valence-electron chi connectivity index (χ3n) is 21.3. The number of hydrogen-bond donors (Lipinski definition) is 1. The fraction of sp³-hybridized carbons (Fsp3) is 0.100. The minimum absolute atomic E-state index is 0.00813. The van der Waals surface area contributed by atoms with E-state index in [-0.39, 0.29) is 5.41 Å². The predicted octanol–water partition coefficient (Wildman–Crippen LogP) is 11.1. The van der Waals surface area contributed by atoms with Gasteiger partial charge in [0.2, 0.25) is 0 Å². The third kappa shape index (κ3) is 7.43. The maximum atomic E-state index is 8.22. The van der Waals surface area contributed by atoms with E-state index < -0.39 is 17.0 Å². The van der Waals surface area contributed by atoms with E-state index in [1.807, 2.05) is 0 Å². The molecule has 0 aliphatic carbocycles. The van der Waals surface area contributed by atoms with Crippen molar-refractivity contribution in [2.24, 2.45) is 5.73 Å². The molecule has 11 heteroatoms. The topological polar surface area (TPSA) is 48.2 Å². The zero-order chi connectivity index (χ0) is 62.0. The van der Waals surface area contributed by atoms with Crippen LogP contribution in [0.5, 0.6) is 11.5 Å². The van der Waals surface area contributed by atoms with Gasteiger partial charge in [-0.15, -0.1) is 16.4 Å². The summed E-state index contributed by atoms with van der Waals surface area (Å²) < 4.78 is 7.71. The van der Waals surface area contributed by atoms with Crippen molar-refractivity contribution >= 4 is 123 Å². The van der Waals surface area contributed by atoms with Gasteiger partial charge in [0.15, 0.2) is 0 Å². The maximum Gasteiger partial charge on any atom is 0.139 e. The van der Waals surface area contributed by atoms with Crippen LogP contribution in [0, 0.1) is 0 Å². The molecule has 0 saturated carbocycles. The molecule has 0 bridgehead atoms. The first-order chi connectivity index (χ1) is 44.2. The number of anilines is 9. The van der Waals surface area contributed by atoms with Gasteiger partial charge in [-0.1, -0.05) is 214 Å². The smallest absolute Gasteiger partial charge is 0.139 e. The first-order valence-corrected chi connectivity index (χ1v) is 32.1. The van der Waals surface area contributed by atoms with E-state index in [0.717, 1.165) is 118 Å². The Morgan fingerprint density at radius 2 is 0.923 bits per heavy atom. The van der Waals surface area contributed by atoms with Crippen LogP contribution >= 0.6 is 0 Å². The Balaban J connectivity index is 1.05. The molecular weight excluding hydrogens is 1100 g/mol. The second kappa shape index (κ2) is 19.9. The Morgan fingerprint density at radius 3 is 1.49 bits per heavy atom. The molecule has 0 radical (unpaired) electrons. The highest BCUT2D eigenvalue weighted by molar-refractivity contribution is 6.68. The Morgan fingerprint density at radius 1 is 0.440 bits per heavy atom. The quantitative estimate of drug-likeness (QED) is 0.173. The molecule has 2 atom stereocenters. The van der Waals surface area contributed by atoms with Crippen LogP contribution in [-0.2, 0) is 16.2 Å². The molecule has 0 fully saturated rings. The number of rotatable bonds is 5. The third-order valence-corrected chi connectivity index (χ3v) is 21.3. The monoisotopic (exact) mass is 1170 g/mol. The lowest BCUT2D eigenvalue weighted by Gasteiger charge is -2.53. The summed E-state index contributed by atoms with van der Waals surface area (Å²) in [6.45, 7) is 9.13. The van der Waals surface area contributed by atoms with Crippen LogP contribution in [0.2, 0.25) is 0 Å². The van der Waals surface area contributed by atoms with Crippen LogP contribution in [0.4, 0.5) is 51.2 Å². The highest BCUT2D eigenvalue weighted by Crippen LogP contribution is 2.72. The van der Waals surface area contributed by atoms with Gasteiger partial charge in [0, 0.05) is 27.9 Å². The number of fused-ring (bicyclic) bond motifs is 12. The Bertz CT molecular complexity index is 4900.